The molecule has 3 aliphatic heterocycles. The molecule has 3 heterocycles. The van der Waals surface area contributed by atoms with Gasteiger partial charge in [0.05, 0.1) is 13.2 Å². The molecule has 0 saturated carbocycles. The van der Waals surface area contributed by atoms with Crippen molar-refractivity contribution in [2.24, 2.45) is 0 Å². The molecule has 1 saturated heterocycles. The van der Waals surface area contributed by atoms with Crippen molar-refractivity contribution in [3.05, 3.63) is 11.4 Å². The Balaban J connectivity index is 1.90. The van der Waals surface area contributed by atoms with Crippen LogP contribution in [0.4, 0.5) is 0 Å². The first-order valence-electron chi connectivity index (χ1n) is 6.05. The molecule has 0 aromatic heterocycles. The van der Waals surface area contributed by atoms with Crippen LogP contribution in [0.2, 0.25) is 0 Å². The summed E-state index contributed by atoms with van der Waals surface area (Å²) in [6.45, 7) is 9.49. The van der Waals surface area contributed by atoms with E-state index in [9.17, 15) is 0 Å². The predicted molar refractivity (Wildman–Crippen MR) is 64.9 cm³/mol. The molecule has 0 radical (unpaired) electrons. The van der Waals surface area contributed by atoms with Crippen molar-refractivity contribution in [3.8, 4) is 0 Å². The van der Waals surface area contributed by atoms with E-state index < -0.39 is 0 Å². The Bertz CT molecular complexity index is 288. The fraction of sp³-hybridized carbons (Fsp3) is 0.833. The van der Waals surface area contributed by atoms with Crippen LogP contribution in [-0.4, -0.2) is 67.8 Å². The van der Waals surface area contributed by atoms with Gasteiger partial charge < -0.3 is 19.4 Å². The monoisotopic (exact) mass is 225 g/mol. The Kier molecular flexibility index (Phi) is 3.40. The van der Waals surface area contributed by atoms with Gasteiger partial charge >= 0.3 is 0 Å². The Labute approximate surface area is 98.4 Å². The maximum absolute atomic E-state index is 5.95. The number of likely N-dealkylation sites (N-methyl/N-ethyl adjacent to an activating group) is 1. The van der Waals surface area contributed by atoms with E-state index in [0.717, 1.165) is 32.8 Å². The molecule has 2 bridgehead atoms. The van der Waals surface area contributed by atoms with Crippen molar-refractivity contribution in [1.29, 1.82) is 0 Å². The van der Waals surface area contributed by atoms with Crippen molar-refractivity contribution in [2.75, 3.05) is 46.9 Å². The third kappa shape index (κ3) is 2.18. The molecule has 4 heteroatoms. The van der Waals surface area contributed by atoms with Gasteiger partial charge in [0.25, 0.3) is 0 Å². The zero-order chi connectivity index (χ0) is 11.7. The highest BCUT2D eigenvalue weighted by Crippen LogP contribution is 2.28. The maximum Gasteiger partial charge on any atom is 0.147 e. The van der Waals surface area contributed by atoms with E-state index in [4.69, 9.17) is 4.74 Å². The van der Waals surface area contributed by atoms with E-state index in [1.165, 1.54) is 11.4 Å². The zero-order valence-electron chi connectivity index (χ0n) is 10.9. The van der Waals surface area contributed by atoms with Crippen LogP contribution in [0.25, 0.3) is 0 Å². The Morgan fingerprint density at radius 3 is 2.62 bits per heavy atom. The van der Waals surface area contributed by atoms with E-state index in [1.807, 2.05) is 0 Å². The van der Waals surface area contributed by atoms with Gasteiger partial charge in [-0.25, -0.2) is 0 Å². The summed E-state index contributed by atoms with van der Waals surface area (Å²) in [5.74, 6) is 0. The normalized spacial score (nSPS) is 24.9. The molecule has 0 N–H and O–H groups in total. The number of ether oxygens (including phenoxy) is 1. The quantitative estimate of drug-likeness (QED) is 0.703. The fourth-order valence-electron chi connectivity index (χ4n) is 2.39. The van der Waals surface area contributed by atoms with Crippen molar-refractivity contribution in [2.45, 2.75) is 20.1 Å². The first-order chi connectivity index (χ1) is 7.59. The van der Waals surface area contributed by atoms with Crippen LogP contribution in [0, 0.1) is 0 Å². The molecule has 92 valence electrons. The molecule has 1 atom stereocenters. The minimum Gasteiger partial charge on any atom is -0.367 e. The van der Waals surface area contributed by atoms with Crippen LogP contribution in [0.3, 0.4) is 0 Å². The second-order valence-electron chi connectivity index (χ2n) is 4.94. The van der Waals surface area contributed by atoms with Crippen LogP contribution in [0.15, 0.2) is 11.4 Å². The molecule has 3 rings (SSSR count). The second-order valence-corrected chi connectivity index (χ2v) is 4.94. The van der Waals surface area contributed by atoms with E-state index in [2.05, 4.69) is 42.6 Å². The number of piperazine rings is 1. The molecule has 0 aromatic rings. The third-order valence-corrected chi connectivity index (χ3v) is 3.61. The van der Waals surface area contributed by atoms with E-state index >= 15 is 0 Å². The number of allylic oxidation sites excluding steroid dienone is 2. The van der Waals surface area contributed by atoms with Gasteiger partial charge in [0.15, 0.2) is 0 Å². The van der Waals surface area contributed by atoms with Gasteiger partial charge in [-0.15, -0.1) is 0 Å². The highest BCUT2D eigenvalue weighted by molar-refractivity contribution is 5.16. The van der Waals surface area contributed by atoms with Gasteiger partial charge in [-0.3, -0.25) is 0 Å². The highest BCUT2D eigenvalue weighted by Gasteiger charge is 2.34. The fourth-order valence-corrected chi connectivity index (χ4v) is 2.39. The smallest absolute Gasteiger partial charge is 0.147 e. The van der Waals surface area contributed by atoms with Crippen molar-refractivity contribution >= 4 is 0 Å². The summed E-state index contributed by atoms with van der Waals surface area (Å²) in [7, 11) is 4.16. The lowest BCUT2D eigenvalue weighted by molar-refractivity contribution is -0.0966. The van der Waals surface area contributed by atoms with Crippen molar-refractivity contribution < 1.29 is 4.74 Å². The number of rotatable bonds is 4. The van der Waals surface area contributed by atoms with Gasteiger partial charge in [-0.05, 0) is 27.9 Å². The van der Waals surface area contributed by atoms with Crippen LogP contribution in [0.5, 0.6) is 0 Å². The number of hydrogen-bond acceptors (Lipinski definition) is 4. The van der Waals surface area contributed by atoms with Gasteiger partial charge in [-0.2, -0.15) is 0 Å². The lowest BCUT2D eigenvalue weighted by Gasteiger charge is -2.50. The van der Waals surface area contributed by atoms with Gasteiger partial charge in [0, 0.05) is 31.0 Å². The molecule has 4 nitrogen and oxygen atoms in total. The standard InChI is InChI=1S/C12H23N3O/c1-10-11(2)15-6-5-14(10)9-12(15)16-8-7-13(3)4/h12H,5-9H2,1-4H3. The van der Waals surface area contributed by atoms with Crippen molar-refractivity contribution in [3.63, 3.8) is 0 Å². The molecule has 0 spiro atoms. The molecule has 16 heavy (non-hydrogen) atoms. The molecular weight excluding hydrogens is 202 g/mol. The van der Waals surface area contributed by atoms with E-state index in [0.29, 0.717) is 0 Å². The first-order valence-corrected chi connectivity index (χ1v) is 6.05. The number of hydrogen-bond donors (Lipinski definition) is 0. The summed E-state index contributed by atoms with van der Waals surface area (Å²) in [6.07, 6.45) is 0.261. The van der Waals surface area contributed by atoms with Gasteiger partial charge in [0.2, 0.25) is 0 Å². The Morgan fingerprint density at radius 1 is 1.25 bits per heavy atom. The highest BCUT2D eigenvalue weighted by atomic mass is 16.5. The molecular formula is C12H23N3O. The summed E-state index contributed by atoms with van der Waals surface area (Å²) in [4.78, 5) is 7.01. The average Bonchev–Trinajstić information content (AvgIpc) is 2.24. The Morgan fingerprint density at radius 2 is 2.00 bits per heavy atom. The van der Waals surface area contributed by atoms with Crippen LogP contribution < -0.4 is 0 Å². The SMILES string of the molecule is CC1=C(C)N2CCN1CC2OCCN(C)C. The molecule has 0 aliphatic carbocycles. The maximum atomic E-state index is 5.95. The molecule has 3 aliphatic rings. The largest absolute Gasteiger partial charge is 0.367 e. The first kappa shape index (κ1) is 11.7. The van der Waals surface area contributed by atoms with Crippen LogP contribution >= 0.6 is 0 Å². The van der Waals surface area contributed by atoms with Gasteiger partial charge in [-0.1, -0.05) is 0 Å². The van der Waals surface area contributed by atoms with Crippen LogP contribution in [0.1, 0.15) is 13.8 Å². The average molecular weight is 225 g/mol. The molecule has 1 unspecified atom stereocenters. The lowest BCUT2D eigenvalue weighted by atomic mass is 10.1. The summed E-state index contributed by atoms with van der Waals surface area (Å²) < 4.78 is 5.95. The predicted octanol–water partition coefficient (Wildman–Crippen LogP) is 0.773. The molecule has 0 amide bonds. The van der Waals surface area contributed by atoms with E-state index in [1.54, 1.807) is 0 Å². The summed E-state index contributed by atoms with van der Waals surface area (Å²) >= 11 is 0. The molecule has 1 fully saturated rings. The lowest BCUT2D eigenvalue weighted by Crippen LogP contribution is -2.57. The molecule has 0 aromatic carbocycles. The summed E-state index contributed by atoms with van der Waals surface area (Å²) in [6, 6.07) is 0. The summed E-state index contributed by atoms with van der Waals surface area (Å²) in [5.41, 5.74) is 2.80. The van der Waals surface area contributed by atoms with Gasteiger partial charge in [0.1, 0.15) is 6.23 Å². The Hall–Kier alpha value is -0.740. The van der Waals surface area contributed by atoms with Crippen LogP contribution in [-0.2, 0) is 4.74 Å². The summed E-state index contributed by atoms with van der Waals surface area (Å²) in [5, 5.41) is 0. The van der Waals surface area contributed by atoms with Crippen molar-refractivity contribution in [1.82, 2.24) is 14.7 Å². The number of fused-ring (bicyclic) bond motifs is 2. The number of nitrogens with zero attached hydrogens (tertiary/aromatic N) is 3. The minimum atomic E-state index is 0.261. The second kappa shape index (κ2) is 4.63. The topological polar surface area (TPSA) is 19.0 Å². The third-order valence-electron chi connectivity index (χ3n) is 3.61. The minimum absolute atomic E-state index is 0.261. The zero-order valence-corrected chi connectivity index (χ0v) is 10.9. The van der Waals surface area contributed by atoms with E-state index in [-0.39, 0.29) is 6.23 Å².